The molecular formula is C22H16N4O5. The van der Waals surface area contributed by atoms with E-state index in [4.69, 9.17) is 9.84 Å². The molecule has 0 N–H and O–H groups in total. The first-order valence-electron chi connectivity index (χ1n) is 9.62. The zero-order chi connectivity index (χ0) is 21.5. The largest absolute Gasteiger partial charge is 0.464 e. The van der Waals surface area contributed by atoms with E-state index in [0.717, 1.165) is 11.3 Å². The van der Waals surface area contributed by atoms with E-state index in [0.29, 0.717) is 23.3 Å². The topological polar surface area (TPSA) is 111 Å². The fourth-order valence-electron chi connectivity index (χ4n) is 4.01. The van der Waals surface area contributed by atoms with Gasteiger partial charge < -0.3 is 4.74 Å². The molecule has 31 heavy (non-hydrogen) atoms. The molecule has 0 amide bonds. The van der Waals surface area contributed by atoms with Gasteiger partial charge in [0.15, 0.2) is 0 Å². The molecule has 0 fully saturated rings. The van der Waals surface area contributed by atoms with E-state index in [1.807, 2.05) is 30.3 Å². The van der Waals surface area contributed by atoms with Crippen molar-refractivity contribution >= 4 is 17.1 Å². The Kier molecular flexibility index (Phi) is 4.36. The van der Waals surface area contributed by atoms with Crippen molar-refractivity contribution in [3.05, 3.63) is 110 Å². The van der Waals surface area contributed by atoms with E-state index in [1.165, 1.54) is 24.3 Å². The minimum atomic E-state index is -0.694. The predicted molar refractivity (Wildman–Crippen MR) is 112 cm³/mol. The summed E-state index contributed by atoms with van der Waals surface area (Å²) >= 11 is 0. The average Bonchev–Trinajstić information content (AvgIpc) is 3.24. The molecule has 3 aromatic carbocycles. The van der Waals surface area contributed by atoms with Crippen LogP contribution >= 0.6 is 0 Å². The second-order valence-corrected chi connectivity index (χ2v) is 7.31. The molecule has 0 radical (unpaired) electrons. The van der Waals surface area contributed by atoms with Gasteiger partial charge in [0.25, 0.3) is 11.4 Å². The Labute approximate surface area is 176 Å². The molecule has 0 saturated heterocycles. The predicted octanol–water partition coefficient (Wildman–Crippen LogP) is 4.75. The fraction of sp³-hybridized carbons (Fsp3) is 0.136. The van der Waals surface area contributed by atoms with Gasteiger partial charge in [0.05, 0.1) is 21.6 Å². The number of nitrogens with zero attached hydrogens (tertiary/aromatic N) is 4. The highest BCUT2D eigenvalue weighted by molar-refractivity contribution is 6.01. The Morgan fingerprint density at radius 3 is 2.39 bits per heavy atom. The van der Waals surface area contributed by atoms with E-state index in [2.05, 4.69) is 0 Å². The minimum absolute atomic E-state index is 0.0238. The molecule has 2 atom stereocenters. The smallest absolute Gasteiger partial charge is 0.270 e. The highest BCUT2D eigenvalue weighted by atomic mass is 16.6. The van der Waals surface area contributed by atoms with Gasteiger partial charge in [-0.25, -0.2) is 5.01 Å². The maximum atomic E-state index is 11.3. The molecule has 3 aromatic rings. The molecule has 0 spiro atoms. The average molecular weight is 416 g/mol. The number of fused-ring (bicyclic) bond motifs is 3. The van der Waals surface area contributed by atoms with Crippen LogP contribution in [0.25, 0.3) is 0 Å². The lowest BCUT2D eigenvalue weighted by Crippen LogP contribution is -2.33. The summed E-state index contributed by atoms with van der Waals surface area (Å²) in [5.41, 5.74) is 2.96. The van der Waals surface area contributed by atoms with Gasteiger partial charge in [0.2, 0.25) is 6.23 Å². The van der Waals surface area contributed by atoms with E-state index in [1.54, 1.807) is 23.2 Å². The Morgan fingerprint density at radius 2 is 1.65 bits per heavy atom. The Bertz CT molecular complexity index is 1230. The first-order chi connectivity index (χ1) is 15.0. The van der Waals surface area contributed by atoms with Crippen molar-refractivity contribution in [2.45, 2.75) is 18.7 Å². The van der Waals surface area contributed by atoms with Gasteiger partial charge in [-0.2, -0.15) is 5.10 Å². The normalized spacial score (nSPS) is 19.1. The molecule has 5 rings (SSSR count). The summed E-state index contributed by atoms with van der Waals surface area (Å²) in [5.74, 6) is 0.507. The zero-order valence-electron chi connectivity index (χ0n) is 16.1. The number of hydrazone groups is 1. The van der Waals surface area contributed by atoms with Crippen LogP contribution in [0.1, 0.15) is 35.4 Å². The summed E-state index contributed by atoms with van der Waals surface area (Å²) in [6.07, 6.45) is -0.160. The lowest BCUT2D eigenvalue weighted by atomic mass is 9.95. The van der Waals surface area contributed by atoms with Crippen molar-refractivity contribution in [3.8, 4) is 5.75 Å². The van der Waals surface area contributed by atoms with Gasteiger partial charge in [-0.15, -0.1) is 0 Å². The number of nitro benzene ring substituents is 2. The van der Waals surface area contributed by atoms with Crippen molar-refractivity contribution in [1.29, 1.82) is 0 Å². The van der Waals surface area contributed by atoms with E-state index in [-0.39, 0.29) is 17.4 Å². The molecule has 0 bridgehead atoms. The molecule has 9 heteroatoms. The summed E-state index contributed by atoms with van der Waals surface area (Å²) in [4.78, 5) is 21.7. The van der Waals surface area contributed by atoms with Gasteiger partial charge in [0.1, 0.15) is 5.75 Å². The summed E-state index contributed by atoms with van der Waals surface area (Å²) < 4.78 is 6.16. The third-order valence-electron chi connectivity index (χ3n) is 5.46. The molecule has 0 saturated carbocycles. The highest BCUT2D eigenvalue weighted by Crippen LogP contribution is 2.48. The monoisotopic (exact) mass is 416 g/mol. The molecule has 0 aromatic heterocycles. The maximum absolute atomic E-state index is 11.3. The Balaban J connectivity index is 1.62. The molecule has 154 valence electrons. The standard InChI is InChI=1S/C22H16N4O5/c27-25(28)16-8-4-7-15(11-16)22-24-20(13-19(23-24)14-5-2-1-3-6-14)18-12-17(26(29)30)9-10-21(18)31-22/h1-12,20,22H,13H2/t20-,22+/m1/s1. The second kappa shape index (κ2) is 7.21. The Morgan fingerprint density at radius 1 is 0.903 bits per heavy atom. The second-order valence-electron chi connectivity index (χ2n) is 7.31. The number of ether oxygens (including phenoxy) is 1. The van der Waals surface area contributed by atoms with Crippen molar-refractivity contribution in [1.82, 2.24) is 5.01 Å². The lowest BCUT2D eigenvalue weighted by molar-refractivity contribution is -0.385. The Hall–Kier alpha value is -4.27. The SMILES string of the molecule is O=[N+]([O-])c1cccc([C@@H]2Oc3ccc([N+](=O)[O-])cc3[C@H]3CC(c4ccccc4)=NN32)c1. The van der Waals surface area contributed by atoms with E-state index >= 15 is 0 Å². The summed E-state index contributed by atoms with van der Waals surface area (Å²) in [6.45, 7) is 0. The first kappa shape index (κ1) is 18.7. The quantitative estimate of drug-likeness (QED) is 0.448. The number of rotatable bonds is 4. The van der Waals surface area contributed by atoms with E-state index < -0.39 is 16.1 Å². The number of benzene rings is 3. The third kappa shape index (κ3) is 3.25. The van der Waals surface area contributed by atoms with Gasteiger partial charge in [-0.05, 0) is 11.6 Å². The van der Waals surface area contributed by atoms with Crippen LogP contribution in [0.5, 0.6) is 5.75 Å². The summed E-state index contributed by atoms with van der Waals surface area (Å²) in [7, 11) is 0. The molecule has 2 aliphatic heterocycles. The maximum Gasteiger partial charge on any atom is 0.270 e. The number of nitro groups is 2. The van der Waals surface area contributed by atoms with Crippen LogP contribution in [0, 0.1) is 20.2 Å². The van der Waals surface area contributed by atoms with Crippen LogP contribution in [0.4, 0.5) is 11.4 Å². The molecule has 0 aliphatic carbocycles. The summed E-state index contributed by atoms with van der Waals surface area (Å²) in [6, 6.07) is 20.1. The summed E-state index contributed by atoms with van der Waals surface area (Å²) in [5, 5.41) is 29.1. The first-order valence-corrected chi connectivity index (χ1v) is 9.62. The lowest BCUT2D eigenvalue weighted by Gasteiger charge is -2.38. The van der Waals surface area contributed by atoms with Crippen LogP contribution in [0.15, 0.2) is 77.9 Å². The number of hydrogen-bond acceptors (Lipinski definition) is 7. The van der Waals surface area contributed by atoms with Crippen LogP contribution < -0.4 is 4.74 Å². The van der Waals surface area contributed by atoms with E-state index in [9.17, 15) is 20.2 Å². The van der Waals surface area contributed by atoms with Crippen molar-refractivity contribution in [2.24, 2.45) is 5.10 Å². The van der Waals surface area contributed by atoms with Gasteiger partial charge in [-0.3, -0.25) is 20.2 Å². The highest BCUT2D eigenvalue weighted by Gasteiger charge is 2.42. The molecule has 9 nitrogen and oxygen atoms in total. The van der Waals surface area contributed by atoms with Crippen molar-refractivity contribution in [2.75, 3.05) is 0 Å². The van der Waals surface area contributed by atoms with Crippen molar-refractivity contribution in [3.63, 3.8) is 0 Å². The molecule has 2 heterocycles. The van der Waals surface area contributed by atoms with Gasteiger partial charge in [0, 0.05) is 41.8 Å². The fourth-order valence-corrected chi connectivity index (χ4v) is 4.01. The van der Waals surface area contributed by atoms with Crippen LogP contribution in [-0.2, 0) is 0 Å². The third-order valence-corrected chi connectivity index (χ3v) is 5.46. The molecule has 0 unspecified atom stereocenters. The number of hydrogen-bond donors (Lipinski definition) is 0. The van der Waals surface area contributed by atoms with Crippen LogP contribution in [0.3, 0.4) is 0 Å². The minimum Gasteiger partial charge on any atom is -0.464 e. The molecular weight excluding hydrogens is 400 g/mol. The van der Waals surface area contributed by atoms with Gasteiger partial charge in [-0.1, -0.05) is 42.5 Å². The van der Waals surface area contributed by atoms with Crippen LogP contribution in [0.2, 0.25) is 0 Å². The number of non-ortho nitro benzene ring substituents is 2. The molecule has 2 aliphatic rings. The van der Waals surface area contributed by atoms with Crippen molar-refractivity contribution < 1.29 is 14.6 Å². The van der Waals surface area contributed by atoms with Crippen LogP contribution in [-0.4, -0.2) is 20.6 Å². The van der Waals surface area contributed by atoms with Gasteiger partial charge >= 0.3 is 0 Å². The zero-order valence-corrected chi connectivity index (χ0v) is 16.1.